The van der Waals surface area contributed by atoms with E-state index in [1.807, 2.05) is 35.7 Å². The van der Waals surface area contributed by atoms with Gasteiger partial charge in [-0.05, 0) is 67.6 Å². The molecule has 1 heterocycles. The molecular weight excluding hydrogens is 473 g/mol. The lowest BCUT2D eigenvalue weighted by atomic mass is 10.3. The van der Waals surface area contributed by atoms with Gasteiger partial charge in [-0.2, -0.15) is 0 Å². The van der Waals surface area contributed by atoms with Crippen molar-refractivity contribution in [1.29, 1.82) is 0 Å². The van der Waals surface area contributed by atoms with E-state index in [0.717, 1.165) is 11.3 Å². The number of benzene rings is 2. The van der Waals surface area contributed by atoms with Gasteiger partial charge in [0.25, 0.3) is 5.91 Å². The van der Waals surface area contributed by atoms with Crippen molar-refractivity contribution >= 4 is 54.8 Å². The molecular formula is C18H12Br2FNO2S. The van der Waals surface area contributed by atoms with Gasteiger partial charge in [0.1, 0.15) is 18.2 Å². The van der Waals surface area contributed by atoms with Gasteiger partial charge in [0.05, 0.1) is 10.6 Å². The number of rotatable bonds is 5. The summed E-state index contributed by atoms with van der Waals surface area (Å²) in [5.41, 5.74) is 1.40. The third-order valence-electron chi connectivity index (χ3n) is 3.27. The molecule has 2 aromatic carbocycles. The van der Waals surface area contributed by atoms with Gasteiger partial charge >= 0.3 is 0 Å². The number of anilines is 1. The molecule has 0 aliphatic heterocycles. The minimum absolute atomic E-state index is 0.260. The third kappa shape index (κ3) is 4.68. The van der Waals surface area contributed by atoms with E-state index < -0.39 is 5.82 Å². The molecule has 0 atom stereocenters. The van der Waals surface area contributed by atoms with Crippen molar-refractivity contribution in [2.75, 3.05) is 5.32 Å². The summed E-state index contributed by atoms with van der Waals surface area (Å²) in [7, 11) is 0. The topological polar surface area (TPSA) is 38.3 Å². The molecule has 0 saturated heterocycles. The SMILES string of the molecule is O=C(Nc1c(Br)cc(F)cc1Br)c1cc(COc2ccccc2)cs1. The molecule has 128 valence electrons. The Balaban J connectivity index is 1.67. The monoisotopic (exact) mass is 483 g/mol. The minimum atomic E-state index is -0.395. The fourth-order valence-electron chi connectivity index (χ4n) is 2.09. The summed E-state index contributed by atoms with van der Waals surface area (Å²) in [6.07, 6.45) is 0. The summed E-state index contributed by atoms with van der Waals surface area (Å²) in [5.74, 6) is 0.121. The second-order valence-electron chi connectivity index (χ2n) is 5.12. The van der Waals surface area contributed by atoms with Gasteiger partial charge in [0.2, 0.25) is 0 Å². The molecule has 0 aliphatic carbocycles. The summed E-state index contributed by atoms with van der Waals surface area (Å²) in [5, 5.41) is 4.66. The number of ether oxygens (including phenoxy) is 1. The molecule has 3 aromatic rings. The van der Waals surface area contributed by atoms with Crippen molar-refractivity contribution in [2.24, 2.45) is 0 Å². The quantitative estimate of drug-likeness (QED) is 0.465. The van der Waals surface area contributed by atoms with E-state index in [-0.39, 0.29) is 5.91 Å². The van der Waals surface area contributed by atoms with Gasteiger partial charge in [0, 0.05) is 14.5 Å². The minimum Gasteiger partial charge on any atom is -0.489 e. The highest BCUT2D eigenvalue weighted by Gasteiger charge is 2.14. The molecule has 3 nitrogen and oxygen atoms in total. The predicted octanol–water partition coefficient (Wildman–Crippen LogP) is 6.24. The highest BCUT2D eigenvalue weighted by Crippen LogP contribution is 2.32. The van der Waals surface area contributed by atoms with E-state index in [9.17, 15) is 9.18 Å². The van der Waals surface area contributed by atoms with Crippen molar-refractivity contribution in [1.82, 2.24) is 0 Å². The van der Waals surface area contributed by atoms with Crippen LogP contribution in [0.1, 0.15) is 15.2 Å². The Hall–Kier alpha value is -1.70. The van der Waals surface area contributed by atoms with Gasteiger partial charge in [-0.1, -0.05) is 18.2 Å². The number of nitrogens with one attached hydrogen (secondary N) is 1. The molecule has 1 aromatic heterocycles. The van der Waals surface area contributed by atoms with E-state index in [0.29, 0.717) is 26.1 Å². The number of amides is 1. The molecule has 0 unspecified atom stereocenters. The molecule has 1 N–H and O–H groups in total. The first-order valence-corrected chi connectivity index (χ1v) is 9.70. The Morgan fingerprint density at radius 2 is 1.80 bits per heavy atom. The second-order valence-corrected chi connectivity index (χ2v) is 7.74. The summed E-state index contributed by atoms with van der Waals surface area (Å²) in [4.78, 5) is 13.0. The van der Waals surface area contributed by atoms with Crippen LogP contribution in [0.5, 0.6) is 5.75 Å². The maximum absolute atomic E-state index is 13.3. The van der Waals surface area contributed by atoms with Crippen molar-refractivity contribution in [3.05, 3.63) is 79.1 Å². The average molecular weight is 485 g/mol. The maximum Gasteiger partial charge on any atom is 0.265 e. The highest BCUT2D eigenvalue weighted by atomic mass is 79.9. The lowest BCUT2D eigenvalue weighted by Gasteiger charge is -2.09. The van der Waals surface area contributed by atoms with Gasteiger partial charge in [-0.15, -0.1) is 11.3 Å². The van der Waals surface area contributed by atoms with Gasteiger partial charge in [-0.3, -0.25) is 4.79 Å². The number of carbonyl (C=O) groups excluding carboxylic acids is 1. The zero-order chi connectivity index (χ0) is 17.8. The first kappa shape index (κ1) is 18.1. The van der Waals surface area contributed by atoms with Gasteiger partial charge in [-0.25, -0.2) is 4.39 Å². The van der Waals surface area contributed by atoms with Crippen molar-refractivity contribution < 1.29 is 13.9 Å². The van der Waals surface area contributed by atoms with E-state index >= 15 is 0 Å². The van der Waals surface area contributed by atoms with Crippen LogP contribution in [0.2, 0.25) is 0 Å². The molecule has 25 heavy (non-hydrogen) atoms. The van der Waals surface area contributed by atoms with E-state index in [2.05, 4.69) is 37.2 Å². The zero-order valence-corrected chi connectivity index (χ0v) is 16.8. The molecule has 7 heteroatoms. The van der Waals surface area contributed by atoms with Crippen LogP contribution in [-0.4, -0.2) is 5.91 Å². The van der Waals surface area contributed by atoms with Crippen molar-refractivity contribution in [3.63, 3.8) is 0 Å². The van der Waals surface area contributed by atoms with Crippen LogP contribution in [0.4, 0.5) is 10.1 Å². The van der Waals surface area contributed by atoms with Crippen LogP contribution in [0.3, 0.4) is 0 Å². The summed E-state index contributed by atoms with van der Waals surface area (Å²) in [6, 6.07) is 13.9. The van der Waals surface area contributed by atoms with Crippen molar-refractivity contribution in [2.45, 2.75) is 6.61 Å². The van der Waals surface area contributed by atoms with E-state index in [1.165, 1.54) is 23.5 Å². The van der Waals surface area contributed by atoms with Crippen LogP contribution in [-0.2, 0) is 6.61 Å². The normalized spacial score (nSPS) is 10.5. The molecule has 0 saturated carbocycles. The molecule has 0 fully saturated rings. The average Bonchev–Trinajstić information content (AvgIpc) is 3.06. The zero-order valence-electron chi connectivity index (χ0n) is 12.8. The Bertz CT molecular complexity index is 876. The molecule has 0 radical (unpaired) electrons. The molecule has 3 rings (SSSR count). The predicted molar refractivity (Wildman–Crippen MR) is 105 cm³/mol. The first-order chi connectivity index (χ1) is 12.0. The lowest BCUT2D eigenvalue weighted by Crippen LogP contribution is -2.11. The first-order valence-electron chi connectivity index (χ1n) is 7.24. The fourth-order valence-corrected chi connectivity index (χ4v) is 4.21. The number of hydrogen-bond acceptors (Lipinski definition) is 3. The summed E-state index contributed by atoms with van der Waals surface area (Å²) in [6.45, 7) is 0.387. The van der Waals surface area contributed by atoms with E-state index in [4.69, 9.17) is 4.74 Å². The Kier molecular flexibility index (Phi) is 5.88. The standard InChI is InChI=1S/C18H12Br2FNO2S/c19-14-7-12(21)8-15(20)17(14)22-18(23)16-6-11(10-25-16)9-24-13-4-2-1-3-5-13/h1-8,10H,9H2,(H,22,23). The molecule has 1 amide bonds. The highest BCUT2D eigenvalue weighted by molar-refractivity contribution is 9.11. The Labute approximate surface area is 165 Å². The third-order valence-corrected chi connectivity index (χ3v) is 5.50. The van der Waals surface area contributed by atoms with Crippen LogP contribution in [0, 0.1) is 5.82 Å². The Morgan fingerprint density at radius 3 is 2.48 bits per heavy atom. The summed E-state index contributed by atoms with van der Waals surface area (Å²) < 4.78 is 19.9. The molecule has 0 spiro atoms. The lowest BCUT2D eigenvalue weighted by molar-refractivity contribution is 0.103. The van der Waals surface area contributed by atoms with Crippen molar-refractivity contribution in [3.8, 4) is 5.75 Å². The number of para-hydroxylation sites is 1. The van der Waals surface area contributed by atoms with Crippen LogP contribution in [0.25, 0.3) is 0 Å². The second kappa shape index (κ2) is 8.12. The number of carbonyl (C=O) groups is 1. The maximum atomic E-state index is 13.3. The van der Waals surface area contributed by atoms with Crippen LogP contribution >= 0.6 is 43.2 Å². The van der Waals surface area contributed by atoms with Crippen LogP contribution < -0.4 is 10.1 Å². The largest absolute Gasteiger partial charge is 0.489 e. The van der Waals surface area contributed by atoms with Gasteiger partial charge < -0.3 is 10.1 Å². The number of hydrogen-bond donors (Lipinski definition) is 1. The summed E-state index contributed by atoms with van der Waals surface area (Å²) >= 11 is 7.84. The number of thiophene rings is 1. The van der Waals surface area contributed by atoms with Crippen LogP contribution in [0.15, 0.2) is 62.9 Å². The Morgan fingerprint density at radius 1 is 1.12 bits per heavy atom. The molecule has 0 bridgehead atoms. The van der Waals surface area contributed by atoms with Gasteiger partial charge in [0.15, 0.2) is 0 Å². The molecule has 0 aliphatic rings. The fraction of sp³-hybridized carbons (Fsp3) is 0.0556. The smallest absolute Gasteiger partial charge is 0.265 e. The van der Waals surface area contributed by atoms with E-state index in [1.54, 1.807) is 6.07 Å². The number of halogens is 3.